The number of aromatic amines is 1. The molecule has 1 aromatic carbocycles. The maximum absolute atomic E-state index is 12.0. The highest BCUT2D eigenvalue weighted by Gasteiger charge is 2.50. The average Bonchev–Trinajstić information content (AvgIpc) is 2.85. The monoisotopic (exact) mass is 288 g/mol. The maximum Gasteiger partial charge on any atom is 0.328 e. The minimum absolute atomic E-state index is 0.136. The summed E-state index contributed by atoms with van der Waals surface area (Å²) in [4.78, 5) is 38.1. The van der Waals surface area contributed by atoms with Crippen LogP contribution >= 0.6 is 0 Å². The number of rotatable bonds is 3. The molecule has 1 fully saturated rings. The number of hydrogen-bond acceptors (Lipinski definition) is 5. The van der Waals surface area contributed by atoms with Gasteiger partial charge in [0.2, 0.25) is 5.54 Å². The Morgan fingerprint density at radius 3 is 2.38 bits per heavy atom. The predicted octanol–water partition coefficient (Wildman–Crippen LogP) is -0.206. The molecule has 1 aromatic heterocycles. The van der Waals surface area contributed by atoms with Gasteiger partial charge in [0.15, 0.2) is 0 Å². The highest BCUT2D eigenvalue weighted by Crippen LogP contribution is 2.20. The number of benzene rings is 1. The third-order valence-corrected chi connectivity index (χ3v) is 3.46. The van der Waals surface area contributed by atoms with E-state index in [1.54, 1.807) is 11.5 Å². The number of hydrogen-bond donors (Lipinski definition) is 5. The number of imide groups is 2. The quantitative estimate of drug-likeness (QED) is 0.395. The van der Waals surface area contributed by atoms with Crippen LogP contribution in [0, 0.1) is 0 Å². The van der Waals surface area contributed by atoms with E-state index >= 15 is 0 Å². The smallest absolute Gasteiger partial charge is 0.328 e. The van der Waals surface area contributed by atoms with Crippen molar-refractivity contribution in [2.24, 2.45) is 0 Å². The molecular formula is C13H12N4O4. The van der Waals surface area contributed by atoms with Crippen molar-refractivity contribution in [2.45, 2.75) is 12.0 Å². The number of amides is 4. The van der Waals surface area contributed by atoms with Crippen LogP contribution in [0.1, 0.15) is 5.69 Å². The van der Waals surface area contributed by atoms with E-state index in [1.165, 1.54) is 0 Å². The van der Waals surface area contributed by atoms with Crippen molar-refractivity contribution in [3.63, 3.8) is 0 Å². The largest absolute Gasteiger partial charge is 0.358 e. The summed E-state index contributed by atoms with van der Waals surface area (Å²) in [5.74, 6) is -1.81. The fourth-order valence-corrected chi connectivity index (χ4v) is 2.37. The first kappa shape index (κ1) is 13.3. The van der Waals surface area contributed by atoms with Crippen LogP contribution in [0.2, 0.25) is 0 Å². The summed E-state index contributed by atoms with van der Waals surface area (Å²) in [6.07, 6.45) is -0.136. The van der Waals surface area contributed by atoms with Crippen molar-refractivity contribution >= 4 is 28.7 Å². The molecule has 2 aromatic rings. The third kappa shape index (κ3) is 2.06. The number of hydroxylamine groups is 1. The van der Waals surface area contributed by atoms with Crippen molar-refractivity contribution < 1.29 is 19.6 Å². The standard InChI is InChI=1S/C13H12N4O4/c18-10-13(17-21,11(19)16-12(20)15-10)6-8-5-7-3-1-2-4-9(7)14-8/h1-5,14,17,21H,6H2,(H2,15,16,18,19,20). The van der Waals surface area contributed by atoms with Gasteiger partial charge in [-0.25, -0.2) is 4.79 Å². The second-order valence-corrected chi connectivity index (χ2v) is 4.81. The number of nitrogens with one attached hydrogen (secondary N) is 4. The second-order valence-electron chi connectivity index (χ2n) is 4.81. The van der Waals surface area contributed by atoms with Crippen LogP contribution in [0.4, 0.5) is 4.79 Å². The number of carbonyl (C=O) groups is 3. The molecule has 0 aliphatic carbocycles. The Hall–Kier alpha value is -2.71. The van der Waals surface area contributed by atoms with Crippen molar-refractivity contribution in [3.8, 4) is 0 Å². The summed E-state index contributed by atoms with van der Waals surface area (Å²) in [5, 5.41) is 14.1. The summed E-state index contributed by atoms with van der Waals surface area (Å²) in [6, 6.07) is 8.29. The number of barbiturate groups is 1. The molecule has 0 saturated carbocycles. The van der Waals surface area contributed by atoms with Crippen LogP contribution in [0.25, 0.3) is 10.9 Å². The lowest BCUT2D eigenvalue weighted by Gasteiger charge is -2.31. The second kappa shape index (κ2) is 4.69. The van der Waals surface area contributed by atoms with E-state index in [-0.39, 0.29) is 6.42 Å². The summed E-state index contributed by atoms with van der Waals surface area (Å²) in [7, 11) is 0. The maximum atomic E-state index is 12.0. The first-order valence-electron chi connectivity index (χ1n) is 6.20. The van der Waals surface area contributed by atoms with Gasteiger partial charge in [0.25, 0.3) is 11.8 Å². The summed E-state index contributed by atoms with van der Waals surface area (Å²) in [6.45, 7) is 0. The van der Waals surface area contributed by atoms with E-state index in [0.717, 1.165) is 10.9 Å². The molecule has 1 saturated heterocycles. The Morgan fingerprint density at radius 2 is 1.76 bits per heavy atom. The van der Waals surface area contributed by atoms with Crippen LogP contribution in [0.15, 0.2) is 30.3 Å². The Kier molecular flexibility index (Phi) is 2.96. The van der Waals surface area contributed by atoms with Crippen LogP contribution < -0.4 is 16.1 Å². The summed E-state index contributed by atoms with van der Waals surface area (Å²) >= 11 is 0. The van der Waals surface area contributed by atoms with Crippen molar-refractivity contribution in [1.29, 1.82) is 0 Å². The minimum Gasteiger partial charge on any atom is -0.358 e. The number of H-pyrrole nitrogens is 1. The number of para-hydroxylation sites is 1. The zero-order chi connectivity index (χ0) is 15.0. The molecule has 21 heavy (non-hydrogen) atoms. The molecule has 4 amide bonds. The fourth-order valence-electron chi connectivity index (χ4n) is 2.37. The van der Waals surface area contributed by atoms with Crippen LogP contribution in [-0.2, 0) is 16.0 Å². The molecule has 8 heteroatoms. The predicted molar refractivity (Wildman–Crippen MR) is 71.3 cm³/mol. The molecule has 2 heterocycles. The Morgan fingerprint density at radius 1 is 1.10 bits per heavy atom. The normalized spacial score (nSPS) is 17.7. The van der Waals surface area contributed by atoms with Gasteiger partial charge in [-0.15, -0.1) is 0 Å². The average molecular weight is 288 g/mol. The van der Waals surface area contributed by atoms with Gasteiger partial charge >= 0.3 is 6.03 Å². The fraction of sp³-hybridized carbons (Fsp3) is 0.154. The molecule has 5 N–H and O–H groups in total. The van der Waals surface area contributed by atoms with Crippen LogP contribution in [0.3, 0.4) is 0 Å². The molecule has 1 aliphatic rings. The van der Waals surface area contributed by atoms with Gasteiger partial charge < -0.3 is 10.2 Å². The van der Waals surface area contributed by atoms with Crippen molar-refractivity contribution in [1.82, 2.24) is 21.1 Å². The minimum atomic E-state index is -1.95. The van der Waals surface area contributed by atoms with Gasteiger partial charge in [-0.2, -0.15) is 5.48 Å². The molecule has 0 atom stereocenters. The van der Waals surface area contributed by atoms with E-state index in [0.29, 0.717) is 5.69 Å². The Labute approximate surface area is 118 Å². The van der Waals surface area contributed by atoms with Crippen LogP contribution in [0.5, 0.6) is 0 Å². The molecule has 1 aliphatic heterocycles. The number of urea groups is 1. The lowest BCUT2D eigenvalue weighted by Crippen LogP contribution is -2.72. The van der Waals surface area contributed by atoms with E-state index in [4.69, 9.17) is 0 Å². The van der Waals surface area contributed by atoms with Gasteiger partial charge in [-0.3, -0.25) is 20.2 Å². The molecule has 0 bridgehead atoms. The Bertz CT molecular complexity index is 698. The molecule has 108 valence electrons. The zero-order valence-electron chi connectivity index (χ0n) is 10.8. The molecule has 0 radical (unpaired) electrons. The number of aromatic nitrogens is 1. The molecule has 3 rings (SSSR count). The highest BCUT2D eigenvalue weighted by molar-refractivity contribution is 6.22. The number of fused-ring (bicyclic) bond motifs is 1. The van der Waals surface area contributed by atoms with E-state index < -0.39 is 23.4 Å². The van der Waals surface area contributed by atoms with Crippen molar-refractivity contribution in [3.05, 3.63) is 36.0 Å². The molecule has 0 unspecified atom stereocenters. The number of carbonyl (C=O) groups excluding carboxylic acids is 3. The first-order valence-corrected chi connectivity index (χ1v) is 6.20. The van der Waals surface area contributed by atoms with Gasteiger partial charge in [-0.05, 0) is 17.5 Å². The van der Waals surface area contributed by atoms with E-state index in [9.17, 15) is 19.6 Å². The molecule has 0 spiro atoms. The summed E-state index contributed by atoms with van der Waals surface area (Å²) in [5.41, 5.74) is 1.19. The van der Waals surface area contributed by atoms with Gasteiger partial charge in [0.05, 0.1) is 0 Å². The van der Waals surface area contributed by atoms with Gasteiger partial charge in [0, 0.05) is 17.6 Å². The highest BCUT2D eigenvalue weighted by atomic mass is 16.5. The molecular weight excluding hydrogens is 276 g/mol. The first-order chi connectivity index (χ1) is 10.0. The third-order valence-electron chi connectivity index (χ3n) is 3.46. The van der Waals surface area contributed by atoms with E-state index in [2.05, 4.69) is 4.98 Å². The Balaban J connectivity index is 1.98. The zero-order valence-corrected chi connectivity index (χ0v) is 10.8. The SMILES string of the molecule is O=C1NC(=O)C(Cc2cc3ccccc3[nH]2)(NO)C(=O)N1. The lowest BCUT2D eigenvalue weighted by atomic mass is 9.90. The van der Waals surface area contributed by atoms with E-state index in [1.807, 2.05) is 34.9 Å². The van der Waals surface area contributed by atoms with Gasteiger partial charge in [0.1, 0.15) is 0 Å². The lowest BCUT2D eigenvalue weighted by molar-refractivity contribution is -0.145. The van der Waals surface area contributed by atoms with Crippen LogP contribution in [-0.4, -0.2) is 33.6 Å². The van der Waals surface area contributed by atoms with Crippen molar-refractivity contribution in [2.75, 3.05) is 0 Å². The van der Waals surface area contributed by atoms with Gasteiger partial charge in [-0.1, -0.05) is 18.2 Å². The molecule has 8 nitrogen and oxygen atoms in total. The summed E-state index contributed by atoms with van der Waals surface area (Å²) < 4.78 is 0. The topological polar surface area (TPSA) is 123 Å².